The lowest BCUT2D eigenvalue weighted by atomic mass is 9.98. The summed E-state index contributed by atoms with van der Waals surface area (Å²) in [5.74, 6) is -0.213. The second kappa shape index (κ2) is 9.09. The predicted molar refractivity (Wildman–Crippen MR) is 120 cm³/mol. The first-order valence-corrected chi connectivity index (χ1v) is 10.7. The molecule has 4 N–H and O–H groups in total. The SMILES string of the molecule is O=C(NCC(O)C(O)c1ccc(Br)cc1O)OCC1c2ccccc2-c2ccccc21. The van der Waals surface area contributed by atoms with Gasteiger partial charge in [-0.1, -0.05) is 70.5 Å². The molecule has 0 bridgehead atoms. The fraction of sp³-hybridized carbons (Fsp3) is 0.208. The second-order valence-corrected chi connectivity index (χ2v) is 8.34. The number of halogens is 1. The first-order valence-electron chi connectivity index (χ1n) is 9.89. The number of carbonyl (C=O) groups is 1. The Hall–Kier alpha value is -2.87. The average molecular weight is 484 g/mol. The highest BCUT2D eigenvalue weighted by molar-refractivity contribution is 9.10. The van der Waals surface area contributed by atoms with E-state index in [0.717, 1.165) is 22.3 Å². The number of phenols is 1. The fourth-order valence-corrected chi connectivity index (χ4v) is 4.27. The third-order valence-electron chi connectivity index (χ3n) is 5.47. The Balaban J connectivity index is 1.35. The molecule has 0 aromatic heterocycles. The molecule has 7 heteroatoms. The minimum Gasteiger partial charge on any atom is -0.508 e. The molecule has 31 heavy (non-hydrogen) atoms. The van der Waals surface area contributed by atoms with E-state index < -0.39 is 18.3 Å². The maximum Gasteiger partial charge on any atom is 0.407 e. The van der Waals surface area contributed by atoms with E-state index in [1.54, 1.807) is 6.07 Å². The highest BCUT2D eigenvalue weighted by Crippen LogP contribution is 2.44. The molecule has 160 valence electrons. The van der Waals surface area contributed by atoms with Gasteiger partial charge < -0.3 is 25.4 Å². The van der Waals surface area contributed by atoms with Gasteiger partial charge in [-0.3, -0.25) is 0 Å². The highest BCUT2D eigenvalue weighted by Gasteiger charge is 2.29. The molecule has 3 aromatic carbocycles. The number of nitrogens with one attached hydrogen (secondary N) is 1. The molecule has 0 spiro atoms. The van der Waals surface area contributed by atoms with Crippen molar-refractivity contribution in [3.63, 3.8) is 0 Å². The summed E-state index contributed by atoms with van der Waals surface area (Å²) in [6.45, 7) is -0.0701. The van der Waals surface area contributed by atoms with Crippen LogP contribution >= 0.6 is 15.9 Å². The van der Waals surface area contributed by atoms with Crippen LogP contribution in [0.3, 0.4) is 0 Å². The van der Waals surface area contributed by atoms with E-state index in [-0.39, 0.29) is 30.4 Å². The van der Waals surface area contributed by atoms with Crippen molar-refractivity contribution < 1.29 is 24.9 Å². The summed E-state index contributed by atoms with van der Waals surface area (Å²) in [7, 11) is 0. The number of amides is 1. The van der Waals surface area contributed by atoms with Gasteiger partial charge in [-0.25, -0.2) is 4.79 Å². The third kappa shape index (κ3) is 4.44. The van der Waals surface area contributed by atoms with E-state index in [0.29, 0.717) is 4.47 Å². The molecular weight excluding hydrogens is 462 g/mol. The Morgan fingerprint density at radius 2 is 1.61 bits per heavy atom. The predicted octanol–water partition coefficient (Wildman–Crippen LogP) is 4.09. The van der Waals surface area contributed by atoms with Crippen LogP contribution in [0.4, 0.5) is 4.79 Å². The number of phenolic OH excluding ortho intramolecular Hbond substituents is 1. The number of benzene rings is 3. The number of alkyl carbamates (subject to hydrolysis) is 1. The van der Waals surface area contributed by atoms with Crippen molar-refractivity contribution in [1.29, 1.82) is 0 Å². The molecule has 1 amide bonds. The van der Waals surface area contributed by atoms with Gasteiger partial charge in [0.15, 0.2) is 0 Å². The fourth-order valence-electron chi connectivity index (χ4n) is 3.92. The van der Waals surface area contributed by atoms with Crippen LogP contribution in [0.1, 0.15) is 28.7 Å². The van der Waals surface area contributed by atoms with Gasteiger partial charge in [0.25, 0.3) is 0 Å². The lowest BCUT2D eigenvalue weighted by Crippen LogP contribution is -2.36. The van der Waals surface area contributed by atoms with Gasteiger partial charge in [0.2, 0.25) is 0 Å². The summed E-state index contributed by atoms with van der Waals surface area (Å²) >= 11 is 3.22. The van der Waals surface area contributed by atoms with Crippen LogP contribution in [0.15, 0.2) is 71.2 Å². The zero-order chi connectivity index (χ0) is 22.0. The first-order chi connectivity index (χ1) is 15.0. The number of hydrogen-bond acceptors (Lipinski definition) is 5. The zero-order valence-corrected chi connectivity index (χ0v) is 18.1. The number of aliphatic hydroxyl groups is 2. The molecule has 0 fully saturated rings. The molecule has 2 unspecified atom stereocenters. The largest absolute Gasteiger partial charge is 0.508 e. The molecule has 3 aromatic rings. The third-order valence-corrected chi connectivity index (χ3v) is 5.97. The Kier molecular flexibility index (Phi) is 6.27. The lowest BCUT2D eigenvalue weighted by Gasteiger charge is -2.20. The van der Waals surface area contributed by atoms with Crippen LogP contribution in [-0.2, 0) is 4.74 Å². The van der Waals surface area contributed by atoms with Crippen molar-refractivity contribution in [3.8, 4) is 16.9 Å². The maximum atomic E-state index is 12.2. The van der Waals surface area contributed by atoms with Gasteiger partial charge in [-0.05, 0) is 34.4 Å². The molecule has 1 aliphatic rings. The maximum absolute atomic E-state index is 12.2. The minimum absolute atomic E-state index is 0.0617. The van der Waals surface area contributed by atoms with Gasteiger partial charge in [0.05, 0.1) is 0 Å². The van der Waals surface area contributed by atoms with Crippen molar-refractivity contribution in [3.05, 3.63) is 87.9 Å². The van der Waals surface area contributed by atoms with Gasteiger partial charge in [-0.15, -0.1) is 0 Å². The number of aliphatic hydroxyl groups excluding tert-OH is 2. The molecule has 0 heterocycles. The van der Waals surface area contributed by atoms with Crippen molar-refractivity contribution >= 4 is 22.0 Å². The summed E-state index contributed by atoms with van der Waals surface area (Å²) in [6.07, 6.45) is -3.36. The number of carbonyl (C=O) groups excluding carboxylic acids is 1. The van der Waals surface area contributed by atoms with Crippen LogP contribution in [0.25, 0.3) is 11.1 Å². The molecule has 0 aliphatic heterocycles. The van der Waals surface area contributed by atoms with Crippen molar-refractivity contribution in [2.24, 2.45) is 0 Å². The van der Waals surface area contributed by atoms with Crippen LogP contribution < -0.4 is 5.32 Å². The number of rotatable bonds is 6. The highest BCUT2D eigenvalue weighted by atomic mass is 79.9. The smallest absolute Gasteiger partial charge is 0.407 e. The van der Waals surface area contributed by atoms with Gasteiger partial charge in [-0.2, -0.15) is 0 Å². The van der Waals surface area contributed by atoms with Crippen LogP contribution in [0.5, 0.6) is 5.75 Å². The van der Waals surface area contributed by atoms with Crippen LogP contribution in [-0.4, -0.2) is 40.7 Å². The summed E-state index contributed by atoms with van der Waals surface area (Å²) in [5.41, 5.74) is 4.67. The molecule has 6 nitrogen and oxygen atoms in total. The second-order valence-electron chi connectivity index (χ2n) is 7.42. The van der Waals surface area contributed by atoms with E-state index in [2.05, 4.69) is 33.4 Å². The van der Waals surface area contributed by atoms with Gasteiger partial charge in [0.1, 0.15) is 24.6 Å². The number of aromatic hydroxyl groups is 1. The van der Waals surface area contributed by atoms with E-state index in [9.17, 15) is 20.1 Å². The molecule has 4 rings (SSSR count). The quantitative estimate of drug-likeness (QED) is 0.423. The number of ether oxygens (including phenoxy) is 1. The van der Waals surface area contributed by atoms with E-state index in [1.165, 1.54) is 12.1 Å². The van der Waals surface area contributed by atoms with Gasteiger partial charge >= 0.3 is 6.09 Å². The van der Waals surface area contributed by atoms with E-state index >= 15 is 0 Å². The van der Waals surface area contributed by atoms with Crippen molar-refractivity contribution in [2.75, 3.05) is 13.2 Å². The minimum atomic E-state index is -1.36. The Morgan fingerprint density at radius 1 is 1.00 bits per heavy atom. The summed E-state index contributed by atoms with van der Waals surface area (Å²) in [5, 5.41) is 32.9. The van der Waals surface area contributed by atoms with Crippen molar-refractivity contribution in [2.45, 2.75) is 18.1 Å². The topological polar surface area (TPSA) is 99.0 Å². The summed E-state index contributed by atoms with van der Waals surface area (Å²) < 4.78 is 6.06. The molecule has 0 saturated heterocycles. The summed E-state index contributed by atoms with van der Waals surface area (Å²) in [4.78, 5) is 12.2. The molecular formula is C24H22BrNO5. The molecule has 2 atom stereocenters. The Labute approximate surface area is 188 Å². The lowest BCUT2D eigenvalue weighted by molar-refractivity contribution is 0.0173. The zero-order valence-electron chi connectivity index (χ0n) is 16.5. The number of hydrogen-bond donors (Lipinski definition) is 4. The normalized spacial score (nSPS) is 14.4. The average Bonchev–Trinajstić information content (AvgIpc) is 3.09. The molecule has 0 saturated carbocycles. The summed E-state index contributed by atoms with van der Waals surface area (Å²) in [6, 6.07) is 20.7. The van der Waals surface area contributed by atoms with E-state index in [4.69, 9.17) is 4.74 Å². The Bertz CT molecular complexity index is 1060. The van der Waals surface area contributed by atoms with Crippen LogP contribution in [0.2, 0.25) is 0 Å². The standard InChI is InChI=1S/C24H22BrNO5/c25-14-9-10-19(21(27)11-14)23(29)22(28)12-26-24(30)31-13-20-17-7-3-1-5-15(17)16-6-2-4-8-18(16)20/h1-11,20,22-23,27-29H,12-13H2,(H,26,30). The molecule has 1 aliphatic carbocycles. The van der Waals surface area contributed by atoms with Crippen molar-refractivity contribution in [1.82, 2.24) is 5.32 Å². The van der Waals surface area contributed by atoms with Crippen LogP contribution in [0, 0.1) is 0 Å². The first kappa shape index (κ1) is 21.4. The Morgan fingerprint density at radius 3 is 2.23 bits per heavy atom. The number of fused-ring (bicyclic) bond motifs is 3. The van der Waals surface area contributed by atoms with Gasteiger partial charge in [0, 0.05) is 22.5 Å². The van der Waals surface area contributed by atoms with E-state index in [1.807, 2.05) is 36.4 Å². The molecule has 0 radical (unpaired) electrons. The monoisotopic (exact) mass is 483 g/mol.